The Morgan fingerprint density at radius 3 is 2.00 bits per heavy atom. The van der Waals surface area contributed by atoms with E-state index in [0.29, 0.717) is 13.1 Å². The Kier molecular flexibility index (Phi) is 4.05. The van der Waals surface area contributed by atoms with Gasteiger partial charge in [-0.05, 0) is 0 Å². The summed E-state index contributed by atoms with van der Waals surface area (Å²) in [6, 6.07) is 0. The molecule has 1 aliphatic heterocycles. The number of sulfonamides is 1. The molecule has 1 aliphatic rings. The summed E-state index contributed by atoms with van der Waals surface area (Å²) in [7, 11) is -3.07. The molecule has 1 fully saturated rings. The second-order valence-corrected chi connectivity index (χ2v) is 8.19. The molecule has 2 atom stereocenters. The van der Waals surface area contributed by atoms with Crippen LogP contribution in [0.1, 0.15) is 0 Å². The van der Waals surface area contributed by atoms with Crippen LogP contribution in [0.15, 0.2) is 0 Å². The summed E-state index contributed by atoms with van der Waals surface area (Å²) in [4.78, 5) is 0.428. The fourth-order valence-corrected chi connectivity index (χ4v) is 4.19. The van der Waals surface area contributed by atoms with Gasteiger partial charge in [-0.2, -0.15) is 4.31 Å². The fraction of sp³-hybridized carbons (Fsp3) is 1.00. The standard InChI is InChI=1S/C5H8Br3NO2S/c6-3-12(10,11)9-1-4(7)5(8)2-9/h4-5H,1-3H2/t4-,5-/m1/s1. The average Bonchev–Trinajstić information content (AvgIpc) is 2.33. The zero-order valence-electron chi connectivity index (χ0n) is 6.08. The van der Waals surface area contributed by atoms with E-state index >= 15 is 0 Å². The first kappa shape index (κ1) is 11.4. The lowest BCUT2D eigenvalue weighted by Crippen LogP contribution is -2.29. The number of hydrogen-bond donors (Lipinski definition) is 0. The van der Waals surface area contributed by atoms with Crippen molar-refractivity contribution in [1.29, 1.82) is 0 Å². The Hall–Kier alpha value is 1.35. The molecular formula is C5H8Br3NO2S. The van der Waals surface area contributed by atoms with E-state index in [1.807, 2.05) is 0 Å². The molecule has 0 N–H and O–H groups in total. The van der Waals surface area contributed by atoms with Crippen molar-refractivity contribution >= 4 is 57.8 Å². The Labute approximate surface area is 97.3 Å². The third kappa shape index (κ3) is 2.43. The van der Waals surface area contributed by atoms with E-state index in [-0.39, 0.29) is 14.3 Å². The SMILES string of the molecule is O=S(=O)(CBr)N1C[C@@H](Br)[C@H](Br)C1. The van der Waals surface area contributed by atoms with E-state index in [2.05, 4.69) is 47.8 Å². The maximum Gasteiger partial charge on any atom is 0.224 e. The molecule has 0 aromatic heterocycles. The fourth-order valence-electron chi connectivity index (χ4n) is 0.988. The molecule has 1 heterocycles. The minimum Gasteiger partial charge on any atom is -0.211 e. The molecule has 0 saturated carbocycles. The molecule has 0 spiro atoms. The number of rotatable bonds is 2. The van der Waals surface area contributed by atoms with Crippen LogP contribution in [-0.4, -0.2) is 40.1 Å². The monoisotopic (exact) mass is 383 g/mol. The van der Waals surface area contributed by atoms with Gasteiger partial charge in [0.1, 0.15) is 4.66 Å². The van der Waals surface area contributed by atoms with Crippen LogP contribution in [0, 0.1) is 0 Å². The summed E-state index contributed by atoms with van der Waals surface area (Å²) in [5.74, 6) is 0. The summed E-state index contributed by atoms with van der Waals surface area (Å²) in [6.45, 7) is 1.09. The molecule has 0 bridgehead atoms. The molecular weight excluding hydrogens is 378 g/mol. The summed E-state index contributed by atoms with van der Waals surface area (Å²) in [5, 5.41) is 0. The lowest BCUT2D eigenvalue weighted by molar-refractivity contribution is 0.484. The Morgan fingerprint density at radius 2 is 1.67 bits per heavy atom. The molecule has 0 amide bonds. The predicted molar refractivity (Wildman–Crippen MR) is 59.7 cm³/mol. The van der Waals surface area contributed by atoms with Crippen LogP contribution in [0.3, 0.4) is 0 Å². The Morgan fingerprint density at radius 1 is 1.25 bits per heavy atom. The van der Waals surface area contributed by atoms with Crippen molar-refractivity contribution in [3.8, 4) is 0 Å². The van der Waals surface area contributed by atoms with E-state index in [1.165, 1.54) is 4.31 Å². The van der Waals surface area contributed by atoms with E-state index in [0.717, 1.165) is 0 Å². The van der Waals surface area contributed by atoms with E-state index in [1.54, 1.807) is 0 Å². The Balaban J connectivity index is 2.70. The van der Waals surface area contributed by atoms with Crippen molar-refractivity contribution in [2.75, 3.05) is 17.8 Å². The average molecular weight is 386 g/mol. The minimum absolute atomic E-state index is 0.000556. The third-order valence-corrected chi connectivity index (χ3v) is 7.34. The largest absolute Gasteiger partial charge is 0.224 e. The van der Waals surface area contributed by atoms with Crippen LogP contribution >= 0.6 is 47.8 Å². The van der Waals surface area contributed by atoms with Gasteiger partial charge in [0.05, 0.1) is 0 Å². The molecule has 0 aliphatic carbocycles. The van der Waals surface area contributed by atoms with Crippen molar-refractivity contribution in [1.82, 2.24) is 4.31 Å². The highest BCUT2D eigenvalue weighted by molar-refractivity contribution is 9.12. The summed E-state index contributed by atoms with van der Waals surface area (Å²) >= 11 is 9.76. The highest BCUT2D eigenvalue weighted by Crippen LogP contribution is 2.26. The molecule has 12 heavy (non-hydrogen) atoms. The third-order valence-electron chi connectivity index (χ3n) is 1.68. The predicted octanol–water partition coefficient (Wildman–Crippen LogP) is 1.51. The van der Waals surface area contributed by atoms with Crippen LogP contribution in [0.5, 0.6) is 0 Å². The molecule has 1 saturated heterocycles. The number of halogens is 3. The second-order valence-electron chi connectivity index (χ2n) is 2.57. The Bertz CT molecular complexity index is 245. The normalized spacial score (nSPS) is 32.6. The number of nitrogens with zero attached hydrogens (tertiary/aromatic N) is 1. The molecule has 3 nitrogen and oxygen atoms in total. The summed E-state index contributed by atoms with van der Waals surface area (Å²) in [5.41, 5.74) is 0. The van der Waals surface area contributed by atoms with Gasteiger partial charge in [0, 0.05) is 22.7 Å². The summed E-state index contributed by atoms with van der Waals surface area (Å²) < 4.78 is 24.1. The van der Waals surface area contributed by atoms with Gasteiger partial charge in [-0.1, -0.05) is 47.8 Å². The van der Waals surface area contributed by atoms with Crippen molar-refractivity contribution in [2.24, 2.45) is 0 Å². The van der Waals surface area contributed by atoms with Gasteiger partial charge in [0.25, 0.3) is 0 Å². The lowest BCUT2D eigenvalue weighted by atomic mass is 10.4. The molecule has 0 radical (unpaired) electrons. The van der Waals surface area contributed by atoms with E-state index in [4.69, 9.17) is 0 Å². The van der Waals surface area contributed by atoms with Gasteiger partial charge in [0.2, 0.25) is 10.0 Å². The first-order valence-electron chi connectivity index (χ1n) is 3.29. The second kappa shape index (κ2) is 4.25. The molecule has 7 heteroatoms. The first-order valence-corrected chi connectivity index (χ1v) is 7.85. The zero-order valence-corrected chi connectivity index (χ0v) is 11.7. The molecule has 0 unspecified atom stereocenters. The van der Waals surface area contributed by atoms with Crippen LogP contribution in [0.4, 0.5) is 0 Å². The van der Waals surface area contributed by atoms with E-state index in [9.17, 15) is 8.42 Å². The highest BCUT2D eigenvalue weighted by Gasteiger charge is 2.35. The van der Waals surface area contributed by atoms with Crippen molar-refractivity contribution < 1.29 is 8.42 Å². The highest BCUT2D eigenvalue weighted by atomic mass is 79.9. The number of hydrogen-bond acceptors (Lipinski definition) is 2. The minimum atomic E-state index is -3.07. The molecule has 72 valence electrons. The van der Waals surface area contributed by atoms with Crippen molar-refractivity contribution in [3.05, 3.63) is 0 Å². The zero-order chi connectivity index (χ0) is 9.35. The topological polar surface area (TPSA) is 37.4 Å². The van der Waals surface area contributed by atoms with Gasteiger partial charge in [0.15, 0.2) is 0 Å². The van der Waals surface area contributed by atoms with Crippen molar-refractivity contribution in [2.45, 2.75) is 9.65 Å². The van der Waals surface area contributed by atoms with Gasteiger partial charge in [-0.25, -0.2) is 8.42 Å². The lowest BCUT2D eigenvalue weighted by Gasteiger charge is -2.12. The van der Waals surface area contributed by atoms with Gasteiger partial charge < -0.3 is 0 Å². The smallest absolute Gasteiger partial charge is 0.211 e. The first-order chi connectivity index (χ1) is 5.47. The van der Waals surface area contributed by atoms with Crippen LogP contribution in [-0.2, 0) is 10.0 Å². The molecule has 0 aromatic rings. The van der Waals surface area contributed by atoms with E-state index < -0.39 is 10.0 Å². The maximum atomic E-state index is 11.3. The van der Waals surface area contributed by atoms with Gasteiger partial charge >= 0.3 is 0 Å². The molecule has 1 rings (SSSR count). The molecule has 0 aromatic carbocycles. The van der Waals surface area contributed by atoms with Crippen LogP contribution in [0.2, 0.25) is 0 Å². The quantitative estimate of drug-likeness (QED) is 0.676. The van der Waals surface area contributed by atoms with Crippen LogP contribution in [0.25, 0.3) is 0 Å². The number of alkyl halides is 3. The maximum absolute atomic E-state index is 11.3. The van der Waals surface area contributed by atoms with Gasteiger partial charge in [-0.15, -0.1) is 0 Å². The van der Waals surface area contributed by atoms with Crippen molar-refractivity contribution in [3.63, 3.8) is 0 Å². The van der Waals surface area contributed by atoms with Crippen LogP contribution < -0.4 is 0 Å². The summed E-state index contributed by atoms with van der Waals surface area (Å²) in [6.07, 6.45) is 0. The van der Waals surface area contributed by atoms with Gasteiger partial charge in [-0.3, -0.25) is 0 Å².